The van der Waals surface area contributed by atoms with Gasteiger partial charge in [0.15, 0.2) is 0 Å². The highest BCUT2D eigenvalue weighted by atomic mass is 15.1. The van der Waals surface area contributed by atoms with E-state index in [1.54, 1.807) is 0 Å². The first-order valence-electron chi connectivity index (χ1n) is 7.76. The minimum absolute atomic E-state index is 0.329. The third kappa shape index (κ3) is 5.49. The number of hydrogen-bond acceptors (Lipinski definition) is 4. The summed E-state index contributed by atoms with van der Waals surface area (Å²) in [6.07, 6.45) is 6.51. The zero-order chi connectivity index (χ0) is 15.9. The molecule has 0 aromatic carbocycles. The monoisotopic (exact) mass is 291 g/mol. The van der Waals surface area contributed by atoms with Gasteiger partial charge in [0, 0.05) is 25.5 Å². The van der Waals surface area contributed by atoms with E-state index in [0.717, 1.165) is 38.2 Å². The van der Waals surface area contributed by atoms with E-state index in [2.05, 4.69) is 49.1 Å². The van der Waals surface area contributed by atoms with Crippen LogP contribution in [-0.4, -0.2) is 39.6 Å². The first-order chi connectivity index (χ1) is 9.92. The number of nitrogens with one attached hydrogen (secondary N) is 1. The number of hydrogen-bond donors (Lipinski definition) is 1. The second-order valence-electron chi connectivity index (χ2n) is 6.14. The number of imidazole rings is 1. The quantitative estimate of drug-likeness (QED) is 0.758. The molecule has 0 aliphatic heterocycles. The van der Waals surface area contributed by atoms with Crippen molar-refractivity contribution in [1.82, 2.24) is 19.8 Å². The van der Waals surface area contributed by atoms with Crippen LogP contribution in [0.25, 0.3) is 0 Å². The van der Waals surface area contributed by atoms with Gasteiger partial charge < -0.3 is 4.57 Å². The van der Waals surface area contributed by atoms with Crippen LogP contribution in [0.15, 0.2) is 12.4 Å². The Hall–Kier alpha value is -1.38. The molecule has 1 aromatic rings. The van der Waals surface area contributed by atoms with Crippen molar-refractivity contribution in [2.24, 2.45) is 7.05 Å². The van der Waals surface area contributed by atoms with Crippen molar-refractivity contribution in [1.29, 1.82) is 5.26 Å². The van der Waals surface area contributed by atoms with Crippen LogP contribution >= 0.6 is 0 Å². The summed E-state index contributed by atoms with van der Waals surface area (Å²) < 4.78 is 2.04. The lowest BCUT2D eigenvalue weighted by Crippen LogP contribution is -2.47. The molecule has 1 atom stereocenters. The Balaban J connectivity index is 2.43. The van der Waals surface area contributed by atoms with Gasteiger partial charge in [0.05, 0.1) is 12.6 Å². The van der Waals surface area contributed by atoms with Gasteiger partial charge in [-0.1, -0.05) is 6.92 Å². The number of rotatable bonds is 9. The number of nitriles is 1. The highest BCUT2D eigenvalue weighted by Gasteiger charge is 2.27. The lowest BCUT2D eigenvalue weighted by atomic mass is 9.91. The first-order valence-corrected chi connectivity index (χ1v) is 7.76. The van der Waals surface area contributed by atoms with E-state index in [-0.39, 0.29) is 0 Å². The van der Waals surface area contributed by atoms with Crippen LogP contribution in [0.5, 0.6) is 0 Å². The third-order valence-corrected chi connectivity index (χ3v) is 3.86. The van der Waals surface area contributed by atoms with Crippen molar-refractivity contribution in [3.05, 3.63) is 18.2 Å². The minimum atomic E-state index is -0.391. The molecule has 1 heterocycles. The van der Waals surface area contributed by atoms with Crippen LogP contribution in [0, 0.1) is 11.3 Å². The van der Waals surface area contributed by atoms with Crippen molar-refractivity contribution in [3.8, 4) is 6.07 Å². The Labute approximate surface area is 129 Å². The van der Waals surface area contributed by atoms with Crippen molar-refractivity contribution in [3.63, 3.8) is 0 Å². The molecule has 1 rings (SSSR count). The maximum atomic E-state index is 9.50. The van der Waals surface area contributed by atoms with E-state index in [9.17, 15) is 5.26 Å². The van der Waals surface area contributed by atoms with Crippen molar-refractivity contribution in [2.45, 2.75) is 58.2 Å². The van der Waals surface area contributed by atoms with Crippen LogP contribution in [0.4, 0.5) is 0 Å². The summed E-state index contributed by atoms with van der Waals surface area (Å²) in [5.74, 6) is 1.07. The van der Waals surface area contributed by atoms with Gasteiger partial charge in [-0.2, -0.15) is 5.26 Å². The van der Waals surface area contributed by atoms with E-state index in [0.29, 0.717) is 6.04 Å². The summed E-state index contributed by atoms with van der Waals surface area (Å²) in [5.41, 5.74) is -0.391. The minimum Gasteiger partial charge on any atom is -0.337 e. The molecule has 0 aliphatic carbocycles. The Morgan fingerprint density at radius 2 is 2.24 bits per heavy atom. The molecular formula is C16H29N5. The van der Waals surface area contributed by atoms with Crippen LogP contribution in [0.3, 0.4) is 0 Å². The molecule has 5 heteroatoms. The summed E-state index contributed by atoms with van der Waals surface area (Å²) in [7, 11) is 4.12. The topological polar surface area (TPSA) is 56.9 Å². The van der Waals surface area contributed by atoms with Crippen LogP contribution in [0.2, 0.25) is 0 Å². The third-order valence-electron chi connectivity index (χ3n) is 3.86. The van der Waals surface area contributed by atoms with E-state index in [4.69, 9.17) is 0 Å². The van der Waals surface area contributed by atoms with Gasteiger partial charge in [-0.3, -0.25) is 10.2 Å². The summed E-state index contributed by atoms with van der Waals surface area (Å²) in [6, 6.07) is 2.81. The Bertz CT molecular complexity index is 459. The Kier molecular flexibility index (Phi) is 6.86. The number of aryl methyl sites for hydroxylation is 1. The zero-order valence-electron chi connectivity index (χ0n) is 14.1. The molecule has 118 valence electrons. The van der Waals surface area contributed by atoms with Crippen LogP contribution in [0.1, 0.15) is 45.9 Å². The lowest BCUT2D eigenvalue weighted by molar-refractivity contribution is 0.275. The van der Waals surface area contributed by atoms with Crippen molar-refractivity contribution >= 4 is 0 Å². The molecule has 0 spiro atoms. The molecule has 21 heavy (non-hydrogen) atoms. The average Bonchev–Trinajstić information content (AvgIpc) is 2.82. The Morgan fingerprint density at radius 1 is 1.52 bits per heavy atom. The average molecular weight is 291 g/mol. The largest absolute Gasteiger partial charge is 0.337 e. The number of nitrogens with zero attached hydrogens (tertiary/aromatic N) is 4. The lowest BCUT2D eigenvalue weighted by Gasteiger charge is -2.29. The second-order valence-corrected chi connectivity index (χ2v) is 6.14. The molecule has 0 bridgehead atoms. The maximum Gasteiger partial charge on any atom is 0.122 e. The van der Waals surface area contributed by atoms with Crippen LogP contribution < -0.4 is 5.32 Å². The highest BCUT2D eigenvalue weighted by molar-refractivity contribution is 5.06. The molecule has 0 amide bonds. The van der Waals surface area contributed by atoms with Gasteiger partial charge in [0.1, 0.15) is 11.4 Å². The fourth-order valence-corrected chi connectivity index (χ4v) is 2.59. The zero-order valence-corrected chi connectivity index (χ0v) is 14.1. The molecule has 0 radical (unpaired) electrons. The molecule has 1 aromatic heterocycles. The van der Waals surface area contributed by atoms with Gasteiger partial charge in [-0.05, 0) is 46.7 Å². The first kappa shape index (κ1) is 17.7. The molecule has 1 unspecified atom stereocenters. The van der Waals surface area contributed by atoms with Crippen molar-refractivity contribution < 1.29 is 0 Å². The summed E-state index contributed by atoms with van der Waals surface area (Å²) >= 11 is 0. The maximum absolute atomic E-state index is 9.50. The van der Waals surface area contributed by atoms with Gasteiger partial charge in [-0.25, -0.2) is 4.98 Å². The molecular weight excluding hydrogens is 262 g/mol. The Morgan fingerprint density at radius 3 is 2.71 bits per heavy atom. The second kappa shape index (κ2) is 8.16. The summed E-state index contributed by atoms with van der Waals surface area (Å²) in [6.45, 7) is 8.07. The van der Waals surface area contributed by atoms with Crippen LogP contribution in [-0.2, 0) is 13.6 Å². The SMILES string of the molecule is CCC(C#N)(CCCN(C)Cc1nccn1C)NC(C)C. The van der Waals surface area contributed by atoms with E-state index in [1.165, 1.54) is 0 Å². The summed E-state index contributed by atoms with van der Waals surface area (Å²) in [5, 5.41) is 12.9. The van der Waals surface area contributed by atoms with E-state index >= 15 is 0 Å². The van der Waals surface area contributed by atoms with E-state index in [1.807, 2.05) is 24.0 Å². The van der Waals surface area contributed by atoms with Gasteiger partial charge >= 0.3 is 0 Å². The molecule has 1 N–H and O–H groups in total. The predicted molar refractivity (Wildman–Crippen MR) is 85.7 cm³/mol. The highest BCUT2D eigenvalue weighted by Crippen LogP contribution is 2.18. The van der Waals surface area contributed by atoms with Gasteiger partial charge in [0.25, 0.3) is 0 Å². The smallest absolute Gasteiger partial charge is 0.122 e. The van der Waals surface area contributed by atoms with E-state index < -0.39 is 5.54 Å². The van der Waals surface area contributed by atoms with Crippen molar-refractivity contribution in [2.75, 3.05) is 13.6 Å². The molecule has 0 saturated carbocycles. The standard InChI is InChI=1S/C16H29N5/c1-6-16(13-17,19-14(2)3)8-7-10-20(4)12-15-18-9-11-21(15)5/h9,11,14,19H,6-8,10,12H2,1-5H3. The fraction of sp³-hybridized carbons (Fsp3) is 0.750. The molecule has 0 aliphatic rings. The fourth-order valence-electron chi connectivity index (χ4n) is 2.59. The molecule has 5 nitrogen and oxygen atoms in total. The van der Waals surface area contributed by atoms with Gasteiger partial charge in [0.2, 0.25) is 0 Å². The normalized spacial score (nSPS) is 14.4. The van der Waals surface area contributed by atoms with Gasteiger partial charge in [-0.15, -0.1) is 0 Å². The molecule has 0 fully saturated rings. The number of aromatic nitrogens is 2. The predicted octanol–water partition coefficient (Wildman–Crippen LogP) is 2.30. The summed E-state index contributed by atoms with van der Waals surface area (Å²) in [4.78, 5) is 6.60. The molecule has 0 saturated heterocycles.